The molecule has 0 saturated carbocycles. The Morgan fingerprint density at radius 2 is 1.95 bits per heavy atom. The second kappa shape index (κ2) is 4.68. The number of hydrogen-bond donors (Lipinski definition) is 4. The highest BCUT2D eigenvalue weighted by Gasteiger charge is 2.43. The first-order valence-electron chi connectivity index (χ1n) is 5.25. The molecular weight excluding hydrogens is 266 g/mol. The molecule has 1 aliphatic carbocycles. The minimum atomic E-state index is -1.77. The molecule has 0 aliphatic heterocycles. The fraction of sp³-hybridized carbons (Fsp3) is 0.400. The van der Waals surface area contributed by atoms with Crippen molar-refractivity contribution in [3.05, 3.63) is 44.3 Å². The van der Waals surface area contributed by atoms with Crippen molar-refractivity contribution < 1.29 is 24.1 Å². The van der Waals surface area contributed by atoms with E-state index in [0.717, 1.165) is 0 Å². The van der Waals surface area contributed by atoms with Gasteiger partial charge in [0.25, 0.3) is 5.56 Å². The van der Waals surface area contributed by atoms with Crippen LogP contribution in [0.2, 0.25) is 0 Å². The van der Waals surface area contributed by atoms with Crippen LogP contribution in [0.5, 0.6) is 0 Å². The van der Waals surface area contributed by atoms with Crippen LogP contribution in [-0.4, -0.2) is 43.7 Å². The van der Waals surface area contributed by atoms with E-state index in [1.165, 1.54) is 0 Å². The predicted molar refractivity (Wildman–Crippen MR) is 57.6 cm³/mol. The number of rotatable bonds is 2. The summed E-state index contributed by atoms with van der Waals surface area (Å²) in [6.45, 7) is -0.860. The molecule has 1 aromatic rings. The Morgan fingerprint density at radius 3 is 2.47 bits per heavy atom. The molecule has 9 heteroatoms. The molecule has 3 atom stereocenters. The Labute approximate surface area is 104 Å². The van der Waals surface area contributed by atoms with E-state index in [9.17, 15) is 28.6 Å². The number of H-pyrrole nitrogens is 1. The Kier molecular flexibility index (Phi) is 3.35. The largest absolute Gasteiger partial charge is 0.392 e. The van der Waals surface area contributed by atoms with Crippen molar-refractivity contribution in [2.45, 2.75) is 18.2 Å². The van der Waals surface area contributed by atoms with Crippen molar-refractivity contribution in [2.75, 3.05) is 6.61 Å². The zero-order chi connectivity index (χ0) is 14.3. The molecule has 0 radical (unpaired) electrons. The standard InChI is InChI=1S/C10H10F2N2O5/c11-4-1-14(10(19)13-9(4)18)6-5(12)3(2-15)7(16)8(6)17/h1,6-8,15-17H,2H2,(H,13,18,19)/t6-,7-,8+/m1/s1. The number of halogens is 2. The van der Waals surface area contributed by atoms with E-state index in [1.807, 2.05) is 0 Å². The molecule has 0 unspecified atom stereocenters. The summed E-state index contributed by atoms with van der Waals surface area (Å²) in [7, 11) is 0. The Hall–Kier alpha value is -1.84. The number of hydrogen-bond acceptors (Lipinski definition) is 5. The van der Waals surface area contributed by atoms with Crippen molar-refractivity contribution in [3.8, 4) is 0 Å². The van der Waals surface area contributed by atoms with Gasteiger partial charge in [0.15, 0.2) is 0 Å². The van der Waals surface area contributed by atoms with E-state index in [-0.39, 0.29) is 0 Å². The lowest BCUT2D eigenvalue weighted by Crippen LogP contribution is -2.39. The van der Waals surface area contributed by atoms with Crippen LogP contribution < -0.4 is 11.2 Å². The van der Waals surface area contributed by atoms with Gasteiger partial charge in [0.05, 0.1) is 12.8 Å². The summed E-state index contributed by atoms with van der Waals surface area (Å²) in [5.41, 5.74) is -2.91. The maximum Gasteiger partial charge on any atom is 0.329 e. The Bertz CT molecular complexity index is 650. The number of aromatic amines is 1. The molecule has 0 aromatic carbocycles. The quantitative estimate of drug-likeness (QED) is 0.507. The molecule has 0 amide bonds. The number of nitrogens with one attached hydrogen (secondary N) is 1. The number of aromatic nitrogens is 2. The molecular formula is C10H10F2N2O5. The molecule has 0 spiro atoms. The lowest BCUT2D eigenvalue weighted by molar-refractivity contribution is 0.0242. The van der Waals surface area contributed by atoms with Gasteiger partial charge in [-0.15, -0.1) is 0 Å². The van der Waals surface area contributed by atoms with Crippen LogP contribution in [0.15, 0.2) is 27.2 Å². The highest BCUT2D eigenvalue weighted by Crippen LogP contribution is 2.36. The molecule has 0 saturated heterocycles. The molecule has 0 bridgehead atoms. The predicted octanol–water partition coefficient (Wildman–Crippen LogP) is -1.83. The first-order valence-corrected chi connectivity index (χ1v) is 5.25. The van der Waals surface area contributed by atoms with Gasteiger partial charge in [0, 0.05) is 5.57 Å². The summed E-state index contributed by atoms with van der Waals surface area (Å²) >= 11 is 0. The monoisotopic (exact) mass is 276 g/mol. The minimum Gasteiger partial charge on any atom is -0.392 e. The number of aliphatic hydroxyl groups is 3. The normalized spacial score (nSPS) is 27.1. The third kappa shape index (κ3) is 2.01. The van der Waals surface area contributed by atoms with Crippen molar-refractivity contribution in [2.24, 2.45) is 0 Å². The van der Waals surface area contributed by atoms with Gasteiger partial charge < -0.3 is 15.3 Å². The third-order valence-electron chi connectivity index (χ3n) is 2.96. The number of aliphatic hydroxyl groups excluding tert-OH is 3. The highest BCUT2D eigenvalue weighted by atomic mass is 19.1. The Morgan fingerprint density at radius 1 is 1.32 bits per heavy atom. The van der Waals surface area contributed by atoms with Crippen LogP contribution in [0.4, 0.5) is 8.78 Å². The molecule has 7 nitrogen and oxygen atoms in total. The zero-order valence-electron chi connectivity index (χ0n) is 9.38. The molecule has 104 valence electrons. The molecule has 1 aromatic heterocycles. The molecule has 4 N–H and O–H groups in total. The summed E-state index contributed by atoms with van der Waals surface area (Å²) in [6, 6.07) is -1.70. The van der Waals surface area contributed by atoms with E-state index in [4.69, 9.17) is 5.11 Å². The summed E-state index contributed by atoms with van der Waals surface area (Å²) < 4.78 is 27.4. The maximum atomic E-state index is 13.9. The zero-order valence-corrected chi connectivity index (χ0v) is 9.38. The fourth-order valence-electron chi connectivity index (χ4n) is 1.98. The van der Waals surface area contributed by atoms with Crippen LogP contribution in [0.25, 0.3) is 0 Å². The lowest BCUT2D eigenvalue weighted by Gasteiger charge is -2.19. The van der Waals surface area contributed by atoms with Gasteiger partial charge in [0.1, 0.15) is 24.1 Å². The molecule has 1 aliphatic rings. The van der Waals surface area contributed by atoms with Crippen LogP contribution in [-0.2, 0) is 0 Å². The first kappa shape index (κ1) is 13.6. The van der Waals surface area contributed by atoms with Gasteiger partial charge >= 0.3 is 5.69 Å². The van der Waals surface area contributed by atoms with Gasteiger partial charge in [-0.05, 0) is 0 Å². The van der Waals surface area contributed by atoms with E-state index in [2.05, 4.69) is 0 Å². The van der Waals surface area contributed by atoms with E-state index in [0.29, 0.717) is 10.8 Å². The second-order valence-corrected chi connectivity index (χ2v) is 4.06. The van der Waals surface area contributed by atoms with Crippen LogP contribution >= 0.6 is 0 Å². The first-order chi connectivity index (χ1) is 8.88. The lowest BCUT2D eigenvalue weighted by atomic mass is 10.1. The summed E-state index contributed by atoms with van der Waals surface area (Å²) in [4.78, 5) is 23.9. The molecule has 1 heterocycles. The van der Waals surface area contributed by atoms with Gasteiger partial charge in [-0.25, -0.2) is 9.18 Å². The summed E-state index contributed by atoms with van der Waals surface area (Å²) in [5.74, 6) is -2.48. The third-order valence-corrected chi connectivity index (χ3v) is 2.96. The van der Waals surface area contributed by atoms with Gasteiger partial charge in [0.2, 0.25) is 5.82 Å². The molecule has 2 rings (SSSR count). The second-order valence-electron chi connectivity index (χ2n) is 4.06. The fourth-order valence-corrected chi connectivity index (χ4v) is 1.98. The van der Waals surface area contributed by atoms with Crippen molar-refractivity contribution in [1.82, 2.24) is 9.55 Å². The van der Waals surface area contributed by atoms with Gasteiger partial charge in [-0.2, -0.15) is 4.39 Å². The van der Waals surface area contributed by atoms with Crippen molar-refractivity contribution in [3.63, 3.8) is 0 Å². The highest BCUT2D eigenvalue weighted by molar-refractivity contribution is 5.28. The summed E-state index contributed by atoms with van der Waals surface area (Å²) in [6.07, 6.45) is -3.05. The summed E-state index contributed by atoms with van der Waals surface area (Å²) in [5, 5.41) is 28.0. The van der Waals surface area contributed by atoms with Gasteiger partial charge in [-0.1, -0.05) is 0 Å². The maximum absolute atomic E-state index is 13.9. The van der Waals surface area contributed by atoms with Gasteiger partial charge in [-0.3, -0.25) is 14.3 Å². The van der Waals surface area contributed by atoms with Crippen molar-refractivity contribution >= 4 is 0 Å². The van der Waals surface area contributed by atoms with E-state index < -0.39 is 53.3 Å². The van der Waals surface area contributed by atoms with Crippen LogP contribution in [0.1, 0.15) is 6.04 Å². The molecule has 0 fully saturated rings. The van der Waals surface area contributed by atoms with Crippen LogP contribution in [0, 0.1) is 5.82 Å². The van der Waals surface area contributed by atoms with Crippen LogP contribution in [0.3, 0.4) is 0 Å². The van der Waals surface area contributed by atoms with E-state index >= 15 is 0 Å². The van der Waals surface area contributed by atoms with Crippen molar-refractivity contribution in [1.29, 1.82) is 0 Å². The topological polar surface area (TPSA) is 116 Å². The molecule has 19 heavy (non-hydrogen) atoms. The van der Waals surface area contributed by atoms with E-state index in [1.54, 1.807) is 4.98 Å². The average Bonchev–Trinajstić information content (AvgIpc) is 2.56. The minimum absolute atomic E-state index is 0.419. The SMILES string of the molecule is O=c1[nH]c(=O)n([C@@H]2C(F)=C(CO)[C@@H](O)[C@H]2O)cc1F. The Balaban J connectivity index is 2.60. The number of nitrogens with zero attached hydrogens (tertiary/aromatic N) is 1. The smallest absolute Gasteiger partial charge is 0.329 e. The average molecular weight is 276 g/mol.